The van der Waals surface area contributed by atoms with Gasteiger partial charge in [-0.15, -0.1) is 0 Å². The maximum absolute atomic E-state index is 12.3. The number of nitrogens with one attached hydrogen (secondary N) is 1. The van der Waals surface area contributed by atoms with Crippen LogP contribution in [0.5, 0.6) is 0 Å². The summed E-state index contributed by atoms with van der Waals surface area (Å²) in [6.45, 7) is 2.19. The summed E-state index contributed by atoms with van der Waals surface area (Å²) < 4.78 is 32.5. The van der Waals surface area contributed by atoms with Gasteiger partial charge < -0.3 is 4.52 Å². The lowest BCUT2D eigenvalue weighted by Gasteiger charge is -2.07. The van der Waals surface area contributed by atoms with E-state index in [1.54, 1.807) is 24.3 Å². The van der Waals surface area contributed by atoms with E-state index < -0.39 is 10.0 Å². The Morgan fingerprint density at radius 2 is 1.75 bits per heavy atom. The van der Waals surface area contributed by atoms with Gasteiger partial charge in [0, 0.05) is 18.2 Å². The third-order valence-electron chi connectivity index (χ3n) is 3.63. The second-order valence-electron chi connectivity index (χ2n) is 5.49. The fraction of sp³-hybridized carbons (Fsp3) is 0.167. The molecule has 1 N–H and O–H groups in total. The largest absolute Gasteiger partial charge is 0.356 e. The van der Waals surface area contributed by atoms with Gasteiger partial charge >= 0.3 is 0 Å². The number of rotatable bonds is 6. The van der Waals surface area contributed by atoms with E-state index in [9.17, 15) is 8.42 Å². The number of hydrogen-bond acceptors (Lipinski definition) is 4. The van der Waals surface area contributed by atoms with Gasteiger partial charge in [0.1, 0.15) is 0 Å². The molecule has 0 aliphatic heterocycles. The molecule has 3 rings (SSSR count). The van der Waals surface area contributed by atoms with Crippen LogP contribution in [0.4, 0.5) is 0 Å². The van der Waals surface area contributed by atoms with Crippen molar-refractivity contribution >= 4 is 10.0 Å². The lowest BCUT2D eigenvalue weighted by molar-refractivity contribution is 0.427. The van der Waals surface area contributed by atoms with Gasteiger partial charge in [-0.05, 0) is 43.2 Å². The minimum Gasteiger partial charge on any atom is -0.356 e. The van der Waals surface area contributed by atoms with Crippen LogP contribution in [0.2, 0.25) is 0 Å². The van der Waals surface area contributed by atoms with Crippen LogP contribution < -0.4 is 4.72 Å². The van der Waals surface area contributed by atoms with Crippen molar-refractivity contribution in [2.24, 2.45) is 0 Å². The summed E-state index contributed by atoms with van der Waals surface area (Å²) in [5.74, 6) is 0.619. The van der Waals surface area contributed by atoms with E-state index in [4.69, 9.17) is 4.52 Å². The predicted octanol–water partition coefficient (Wildman–Crippen LogP) is 3.17. The van der Waals surface area contributed by atoms with Gasteiger partial charge in [-0.1, -0.05) is 35.5 Å². The van der Waals surface area contributed by atoms with Gasteiger partial charge in [0.15, 0.2) is 5.76 Å². The molecule has 0 bridgehead atoms. The molecule has 2 aromatic carbocycles. The highest BCUT2D eigenvalue weighted by molar-refractivity contribution is 7.89. The maximum Gasteiger partial charge on any atom is 0.240 e. The average molecular weight is 342 g/mol. The molecule has 0 spiro atoms. The molecule has 3 aromatic rings. The third kappa shape index (κ3) is 3.90. The highest BCUT2D eigenvalue weighted by atomic mass is 32.2. The molecule has 6 heteroatoms. The fourth-order valence-corrected chi connectivity index (χ4v) is 3.39. The van der Waals surface area contributed by atoms with Gasteiger partial charge in [0.05, 0.1) is 10.6 Å². The summed E-state index contributed by atoms with van der Waals surface area (Å²) in [7, 11) is -3.52. The lowest BCUT2D eigenvalue weighted by Crippen LogP contribution is -2.25. The summed E-state index contributed by atoms with van der Waals surface area (Å²) in [5, 5.41) is 3.83. The van der Waals surface area contributed by atoms with Crippen LogP contribution in [0.3, 0.4) is 0 Å². The molecule has 0 saturated heterocycles. The SMILES string of the molecule is Cc1cc(-c2ccc(S(=O)(=O)NCCc3ccccc3)cc2)on1. The quantitative estimate of drug-likeness (QED) is 0.747. The summed E-state index contributed by atoms with van der Waals surface area (Å²) >= 11 is 0. The molecule has 0 aliphatic carbocycles. The van der Waals surface area contributed by atoms with Gasteiger partial charge in [-0.2, -0.15) is 0 Å². The Kier molecular flexibility index (Phi) is 4.78. The number of hydrogen-bond donors (Lipinski definition) is 1. The average Bonchev–Trinajstić information content (AvgIpc) is 3.02. The standard InChI is InChI=1S/C18H18N2O3S/c1-14-13-18(23-20-14)16-7-9-17(10-8-16)24(21,22)19-12-11-15-5-3-2-4-6-15/h2-10,13,19H,11-12H2,1H3. The molecular weight excluding hydrogens is 324 g/mol. The van der Waals surface area contributed by atoms with Crippen LogP contribution in [-0.4, -0.2) is 20.1 Å². The number of benzene rings is 2. The molecule has 24 heavy (non-hydrogen) atoms. The fourth-order valence-electron chi connectivity index (χ4n) is 2.36. The first-order chi connectivity index (χ1) is 11.5. The van der Waals surface area contributed by atoms with Crippen molar-refractivity contribution in [1.29, 1.82) is 0 Å². The number of aromatic nitrogens is 1. The zero-order chi connectivity index (χ0) is 17.0. The summed E-state index contributed by atoms with van der Waals surface area (Å²) in [6, 6.07) is 18.1. The Balaban J connectivity index is 1.66. The zero-order valence-electron chi connectivity index (χ0n) is 13.3. The lowest BCUT2D eigenvalue weighted by atomic mass is 10.2. The van der Waals surface area contributed by atoms with Crippen LogP contribution >= 0.6 is 0 Å². The smallest absolute Gasteiger partial charge is 0.240 e. The Bertz CT molecular complexity index is 901. The maximum atomic E-state index is 12.3. The van der Waals surface area contributed by atoms with Gasteiger partial charge in [0.25, 0.3) is 0 Å². The number of aryl methyl sites for hydroxylation is 1. The highest BCUT2D eigenvalue weighted by Crippen LogP contribution is 2.22. The topological polar surface area (TPSA) is 72.2 Å². The van der Waals surface area contributed by atoms with Crippen LogP contribution in [-0.2, 0) is 16.4 Å². The van der Waals surface area contributed by atoms with Crippen molar-refractivity contribution in [3.05, 3.63) is 71.9 Å². The van der Waals surface area contributed by atoms with Crippen LogP contribution in [0.25, 0.3) is 11.3 Å². The van der Waals surface area contributed by atoms with Crippen molar-refractivity contribution in [2.45, 2.75) is 18.2 Å². The Morgan fingerprint density at radius 1 is 1.04 bits per heavy atom. The van der Waals surface area contributed by atoms with Gasteiger partial charge in [0.2, 0.25) is 10.0 Å². The van der Waals surface area contributed by atoms with Gasteiger partial charge in [-0.3, -0.25) is 0 Å². The number of sulfonamides is 1. The summed E-state index contributed by atoms with van der Waals surface area (Å²) in [4.78, 5) is 0.232. The molecule has 0 fully saturated rings. The second-order valence-corrected chi connectivity index (χ2v) is 7.26. The highest BCUT2D eigenvalue weighted by Gasteiger charge is 2.14. The van der Waals surface area contributed by atoms with Crippen molar-refractivity contribution < 1.29 is 12.9 Å². The van der Waals surface area contributed by atoms with E-state index in [0.29, 0.717) is 18.7 Å². The van der Waals surface area contributed by atoms with E-state index in [0.717, 1.165) is 16.8 Å². The monoisotopic (exact) mass is 342 g/mol. The predicted molar refractivity (Wildman–Crippen MR) is 92.0 cm³/mol. The Hall–Kier alpha value is -2.44. The van der Waals surface area contributed by atoms with Crippen LogP contribution in [0.1, 0.15) is 11.3 Å². The zero-order valence-corrected chi connectivity index (χ0v) is 14.1. The van der Waals surface area contributed by atoms with E-state index in [1.165, 1.54) is 0 Å². The minimum atomic E-state index is -3.52. The normalized spacial score (nSPS) is 11.5. The van der Waals surface area contributed by atoms with E-state index in [2.05, 4.69) is 9.88 Å². The first kappa shape index (κ1) is 16.4. The van der Waals surface area contributed by atoms with Crippen molar-refractivity contribution in [1.82, 2.24) is 9.88 Å². The number of nitrogens with zero attached hydrogens (tertiary/aromatic N) is 1. The van der Waals surface area contributed by atoms with E-state index in [1.807, 2.05) is 43.3 Å². The third-order valence-corrected chi connectivity index (χ3v) is 5.10. The Morgan fingerprint density at radius 3 is 2.38 bits per heavy atom. The molecular formula is C18H18N2O3S. The van der Waals surface area contributed by atoms with Crippen molar-refractivity contribution in [3.8, 4) is 11.3 Å². The van der Waals surface area contributed by atoms with E-state index >= 15 is 0 Å². The molecule has 0 unspecified atom stereocenters. The molecule has 0 saturated carbocycles. The van der Waals surface area contributed by atoms with E-state index in [-0.39, 0.29) is 4.90 Å². The van der Waals surface area contributed by atoms with Crippen LogP contribution in [0.15, 0.2) is 70.1 Å². The molecule has 5 nitrogen and oxygen atoms in total. The molecule has 124 valence electrons. The molecule has 0 aliphatic rings. The molecule has 1 heterocycles. The summed E-state index contributed by atoms with van der Waals surface area (Å²) in [5.41, 5.74) is 2.67. The summed E-state index contributed by atoms with van der Waals surface area (Å²) in [6.07, 6.45) is 0.648. The van der Waals surface area contributed by atoms with Gasteiger partial charge in [-0.25, -0.2) is 13.1 Å². The minimum absolute atomic E-state index is 0.232. The molecule has 0 radical (unpaired) electrons. The Labute approximate surface area is 141 Å². The molecule has 0 atom stereocenters. The van der Waals surface area contributed by atoms with Crippen LogP contribution in [0, 0.1) is 6.92 Å². The first-order valence-electron chi connectivity index (χ1n) is 7.62. The first-order valence-corrected chi connectivity index (χ1v) is 9.10. The second kappa shape index (κ2) is 6.98. The van der Waals surface area contributed by atoms with Crippen molar-refractivity contribution in [2.75, 3.05) is 6.54 Å². The van der Waals surface area contributed by atoms with Crippen molar-refractivity contribution in [3.63, 3.8) is 0 Å². The molecule has 1 aromatic heterocycles. The molecule has 0 amide bonds.